The van der Waals surface area contributed by atoms with Gasteiger partial charge in [0.1, 0.15) is 0 Å². The predicted octanol–water partition coefficient (Wildman–Crippen LogP) is 2.15. The number of carbonyl (C=O) groups is 1. The zero-order valence-electron chi connectivity index (χ0n) is 11.0. The highest BCUT2D eigenvalue weighted by molar-refractivity contribution is 5.80. The monoisotopic (exact) mass is 238 g/mol. The molecule has 0 aromatic rings. The normalized spacial score (nSPS) is 34.0. The molecule has 1 saturated carbocycles. The van der Waals surface area contributed by atoms with Crippen LogP contribution in [0.25, 0.3) is 0 Å². The average molecular weight is 238 g/mol. The maximum atomic E-state index is 12.4. The quantitative estimate of drug-likeness (QED) is 0.819. The Morgan fingerprint density at radius 1 is 1.29 bits per heavy atom. The molecular weight excluding hydrogens is 212 g/mol. The van der Waals surface area contributed by atoms with Gasteiger partial charge in [0.25, 0.3) is 0 Å². The minimum absolute atomic E-state index is 0.112. The van der Waals surface area contributed by atoms with Crippen molar-refractivity contribution in [1.29, 1.82) is 0 Å². The minimum Gasteiger partial charge on any atom is -0.342 e. The minimum atomic E-state index is 0.112. The van der Waals surface area contributed by atoms with E-state index in [1.54, 1.807) is 0 Å². The van der Waals surface area contributed by atoms with E-state index in [0.717, 1.165) is 31.8 Å². The molecule has 1 saturated heterocycles. The summed E-state index contributed by atoms with van der Waals surface area (Å²) < 4.78 is 0. The summed E-state index contributed by atoms with van der Waals surface area (Å²) in [5, 5.41) is 0. The van der Waals surface area contributed by atoms with E-state index >= 15 is 0 Å². The summed E-state index contributed by atoms with van der Waals surface area (Å²) in [5.74, 6) is 1.20. The lowest BCUT2D eigenvalue weighted by molar-refractivity contribution is -0.136. The third-order valence-electron chi connectivity index (χ3n) is 4.43. The van der Waals surface area contributed by atoms with Gasteiger partial charge in [-0.3, -0.25) is 4.79 Å². The molecule has 0 spiro atoms. The topological polar surface area (TPSA) is 46.3 Å². The first-order valence-corrected chi connectivity index (χ1v) is 7.26. The van der Waals surface area contributed by atoms with Crippen molar-refractivity contribution < 1.29 is 4.79 Å². The van der Waals surface area contributed by atoms with Gasteiger partial charge in [-0.05, 0) is 31.6 Å². The molecule has 1 amide bonds. The van der Waals surface area contributed by atoms with Crippen LogP contribution in [0.4, 0.5) is 0 Å². The molecule has 2 N–H and O–H groups in total. The lowest BCUT2D eigenvalue weighted by Gasteiger charge is -2.31. The summed E-state index contributed by atoms with van der Waals surface area (Å²) in [4.78, 5) is 14.5. The average Bonchev–Trinajstić information content (AvgIpc) is 2.78. The van der Waals surface area contributed by atoms with E-state index in [4.69, 9.17) is 5.73 Å². The van der Waals surface area contributed by atoms with Gasteiger partial charge >= 0.3 is 0 Å². The van der Waals surface area contributed by atoms with Crippen LogP contribution in [0.1, 0.15) is 51.9 Å². The Morgan fingerprint density at radius 2 is 2.06 bits per heavy atom. The number of nitrogens with two attached hydrogens (primary N) is 1. The lowest BCUT2D eigenvalue weighted by Crippen LogP contribution is -2.45. The van der Waals surface area contributed by atoms with Crippen LogP contribution in [0, 0.1) is 11.8 Å². The van der Waals surface area contributed by atoms with Crippen LogP contribution in [-0.2, 0) is 4.79 Å². The Morgan fingerprint density at radius 3 is 2.76 bits per heavy atom. The van der Waals surface area contributed by atoms with Crippen molar-refractivity contribution in [3.63, 3.8) is 0 Å². The molecule has 17 heavy (non-hydrogen) atoms. The molecule has 0 aromatic heterocycles. The van der Waals surface area contributed by atoms with Crippen molar-refractivity contribution in [2.75, 3.05) is 13.1 Å². The first-order chi connectivity index (χ1) is 8.22. The highest BCUT2D eigenvalue weighted by atomic mass is 16.2. The van der Waals surface area contributed by atoms with Crippen LogP contribution in [0.5, 0.6) is 0 Å². The summed E-state index contributed by atoms with van der Waals surface area (Å²) in [6, 6.07) is 0.112. The summed E-state index contributed by atoms with van der Waals surface area (Å²) in [7, 11) is 0. The van der Waals surface area contributed by atoms with Crippen LogP contribution in [0.3, 0.4) is 0 Å². The fourth-order valence-corrected chi connectivity index (χ4v) is 3.38. The second-order valence-electron chi connectivity index (χ2n) is 5.78. The smallest absolute Gasteiger partial charge is 0.227 e. The number of hydrogen-bond acceptors (Lipinski definition) is 2. The Bertz CT molecular complexity index is 267. The third-order valence-corrected chi connectivity index (χ3v) is 4.43. The van der Waals surface area contributed by atoms with Crippen LogP contribution < -0.4 is 5.73 Å². The van der Waals surface area contributed by atoms with Crippen molar-refractivity contribution in [3.8, 4) is 0 Å². The standard InChI is InChI=1S/C14H26N2O/c1-2-5-11-8-9-16(10-11)14(17)12-6-3-4-7-13(12)15/h11-13H,2-10,15H2,1H3. The van der Waals surface area contributed by atoms with Crippen molar-refractivity contribution >= 4 is 5.91 Å². The number of likely N-dealkylation sites (tertiary alicyclic amines) is 1. The molecule has 0 bridgehead atoms. The molecule has 98 valence electrons. The van der Waals surface area contributed by atoms with Crippen molar-refractivity contribution in [2.24, 2.45) is 17.6 Å². The van der Waals surface area contributed by atoms with Crippen molar-refractivity contribution in [3.05, 3.63) is 0 Å². The number of rotatable bonds is 3. The Balaban J connectivity index is 1.87. The van der Waals surface area contributed by atoms with Gasteiger partial charge in [-0.25, -0.2) is 0 Å². The van der Waals surface area contributed by atoms with Gasteiger partial charge < -0.3 is 10.6 Å². The van der Waals surface area contributed by atoms with E-state index in [1.165, 1.54) is 32.1 Å². The van der Waals surface area contributed by atoms with Gasteiger partial charge in [-0.15, -0.1) is 0 Å². The lowest BCUT2D eigenvalue weighted by atomic mass is 9.84. The molecule has 2 fully saturated rings. The second kappa shape index (κ2) is 5.85. The zero-order chi connectivity index (χ0) is 12.3. The largest absolute Gasteiger partial charge is 0.342 e. The van der Waals surface area contributed by atoms with Gasteiger partial charge in [0.2, 0.25) is 5.91 Å². The van der Waals surface area contributed by atoms with Crippen molar-refractivity contribution in [2.45, 2.75) is 57.9 Å². The maximum Gasteiger partial charge on any atom is 0.227 e. The fraction of sp³-hybridized carbons (Fsp3) is 0.929. The van der Waals surface area contributed by atoms with Gasteiger partial charge in [0.15, 0.2) is 0 Å². The molecule has 1 aliphatic heterocycles. The summed E-state index contributed by atoms with van der Waals surface area (Å²) >= 11 is 0. The van der Waals surface area contributed by atoms with Gasteiger partial charge in [-0.1, -0.05) is 26.2 Å². The third kappa shape index (κ3) is 3.01. The van der Waals surface area contributed by atoms with E-state index < -0.39 is 0 Å². The molecule has 0 aromatic carbocycles. The highest BCUT2D eigenvalue weighted by Crippen LogP contribution is 2.28. The Labute approximate surface area is 105 Å². The maximum absolute atomic E-state index is 12.4. The molecule has 1 aliphatic carbocycles. The zero-order valence-corrected chi connectivity index (χ0v) is 11.0. The van der Waals surface area contributed by atoms with Gasteiger partial charge in [0.05, 0.1) is 5.92 Å². The van der Waals surface area contributed by atoms with Crippen LogP contribution >= 0.6 is 0 Å². The van der Waals surface area contributed by atoms with E-state index in [2.05, 4.69) is 11.8 Å². The predicted molar refractivity (Wildman–Crippen MR) is 69.5 cm³/mol. The summed E-state index contributed by atoms with van der Waals surface area (Å²) in [6.07, 6.45) is 8.11. The van der Waals surface area contributed by atoms with Crippen molar-refractivity contribution in [1.82, 2.24) is 4.90 Å². The summed E-state index contributed by atoms with van der Waals surface area (Å²) in [5.41, 5.74) is 6.09. The molecule has 3 atom stereocenters. The SMILES string of the molecule is CCCC1CCN(C(=O)C2CCCCC2N)C1. The van der Waals surface area contributed by atoms with E-state index in [9.17, 15) is 4.79 Å². The molecular formula is C14H26N2O. The Hall–Kier alpha value is -0.570. The molecule has 3 heteroatoms. The number of hydrogen-bond donors (Lipinski definition) is 1. The van der Waals surface area contributed by atoms with Crippen LogP contribution in [0.15, 0.2) is 0 Å². The second-order valence-corrected chi connectivity index (χ2v) is 5.78. The number of nitrogens with zero attached hydrogens (tertiary/aromatic N) is 1. The first kappa shape index (κ1) is 12.9. The fourth-order valence-electron chi connectivity index (χ4n) is 3.38. The van der Waals surface area contributed by atoms with E-state index in [0.29, 0.717) is 5.91 Å². The van der Waals surface area contributed by atoms with E-state index in [-0.39, 0.29) is 12.0 Å². The molecule has 3 unspecified atom stereocenters. The summed E-state index contributed by atoms with van der Waals surface area (Å²) in [6.45, 7) is 4.17. The molecule has 3 nitrogen and oxygen atoms in total. The Kier molecular flexibility index (Phi) is 4.43. The highest BCUT2D eigenvalue weighted by Gasteiger charge is 2.34. The van der Waals surface area contributed by atoms with Crippen LogP contribution in [0.2, 0.25) is 0 Å². The number of carbonyl (C=O) groups excluding carboxylic acids is 1. The molecule has 0 radical (unpaired) electrons. The molecule has 1 heterocycles. The molecule has 2 rings (SSSR count). The molecule has 2 aliphatic rings. The van der Waals surface area contributed by atoms with Crippen LogP contribution in [-0.4, -0.2) is 29.9 Å². The van der Waals surface area contributed by atoms with E-state index in [1.807, 2.05) is 0 Å². The van der Waals surface area contributed by atoms with Gasteiger partial charge in [-0.2, -0.15) is 0 Å². The van der Waals surface area contributed by atoms with Gasteiger partial charge in [0, 0.05) is 19.1 Å². The number of amides is 1. The first-order valence-electron chi connectivity index (χ1n) is 7.26.